The summed E-state index contributed by atoms with van der Waals surface area (Å²) in [5.41, 5.74) is 2.60. The maximum absolute atomic E-state index is 11.3. The van der Waals surface area contributed by atoms with Gasteiger partial charge in [-0.2, -0.15) is 0 Å². The van der Waals surface area contributed by atoms with Gasteiger partial charge in [-0.15, -0.1) is 0 Å². The van der Waals surface area contributed by atoms with Gasteiger partial charge in [-0.1, -0.05) is 51.5 Å². The summed E-state index contributed by atoms with van der Waals surface area (Å²) >= 11 is 0. The summed E-state index contributed by atoms with van der Waals surface area (Å²) in [7, 11) is 0. The maximum Gasteiger partial charge on any atom is 0.0757 e. The molecule has 3 heteroatoms. The van der Waals surface area contributed by atoms with Gasteiger partial charge in [0.15, 0.2) is 0 Å². The number of hydrogen-bond donors (Lipinski definition) is 3. The van der Waals surface area contributed by atoms with Crippen LogP contribution in [0.5, 0.6) is 0 Å². The molecular weight excluding hydrogens is 384 g/mol. The van der Waals surface area contributed by atoms with Crippen LogP contribution in [0.15, 0.2) is 23.8 Å². The van der Waals surface area contributed by atoms with E-state index in [1.807, 2.05) is 0 Å². The molecule has 0 bridgehead atoms. The molecule has 176 valence electrons. The van der Waals surface area contributed by atoms with Crippen molar-refractivity contribution in [2.75, 3.05) is 6.61 Å². The molecule has 31 heavy (non-hydrogen) atoms. The van der Waals surface area contributed by atoms with Gasteiger partial charge in [0.2, 0.25) is 0 Å². The molecular formula is C28H46O3. The van der Waals surface area contributed by atoms with Crippen molar-refractivity contribution in [1.82, 2.24) is 0 Å². The quantitative estimate of drug-likeness (QED) is 0.488. The van der Waals surface area contributed by atoms with Gasteiger partial charge in [0.1, 0.15) is 0 Å². The van der Waals surface area contributed by atoms with E-state index >= 15 is 0 Å². The Morgan fingerprint density at radius 2 is 1.84 bits per heavy atom. The van der Waals surface area contributed by atoms with Crippen molar-refractivity contribution in [3.05, 3.63) is 23.8 Å². The second-order valence-electron chi connectivity index (χ2n) is 12.2. The normalized spacial score (nSPS) is 45.5. The zero-order valence-corrected chi connectivity index (χ0v) is 20.3. The third-order valence-electron chi connectivity index (χ3n) is 10.6. The van der Waals surface area contributed by atoms with E-state index in [1.54, 1.807) is 0 Å². The fourth-order valence-corrected chi connectivity index (χ4v) is 8.61. The Morgan fingerprint density at radius 3 is 2.52 bits per heavy atom. The van der Waals surface area contributed by atoms with Gasteiger partial charge in [-0.25, -0.2) is 0 Å². The monoisotopic (exact) mass is 430 g/mol. The number of allylic oxidation sites excluding steroid dienone is 1. The minimum atomic E-state index is -0.427. The summed E-state index contributed by atoms with van der Waals surface area (Å²) in [4.78, 5) is 0. The van der Waals surface area contributed by atoms with E-state index in [4.69, 9.17) is 0 Å². The number of hydrogen-bond acceptors (Lipinski definition) is 3. The zero-order valence-electron chi connectivity index (χ0n) is 20.3. The summed E-state index contributed by atoms with van der Waals surface area (Å²) < 4.78 is 0. The highest BCUT2D eigenvalue weighted by molar-refractivity contribution is 5.29. The van der Waals surface area contributed by atoms with Crippen LogP contribution in [-0.4, -0.2) is 34.1 Å². The molecule has 9 atom stereocenters. The molecule has 0 aromatic heterocycles. The molecule has 0 radical (unpaired) electrons. The minimum absolute atomic E-state index is 0.167. The van der Waals surface area contributed by atoms with Crippen LogP contribution in [0.2, 0.25) is 0 Å². The summed E-state index contributed by atoms with van der Waals surface area (Å²) in [5, 5.41) is 32.1. The molecule has 0 aromatic carbocycles. The van der Waals surface area contributed by atoms with Crippen LogP contribution in [0.3, 0.4) is 0 Å². The van der Waals surface area contributed by atoms with E-state index in [0.29, 0.717) is 36.0 Å². The highest BCUT2D eigenvalue weighted by Crippen LogP contribution is 2.67. The van der Waals surface area contributed by atoms with Crippen LogP contribution < -0.4 is 0 Å². The Balaban J connectivity index is 1.56. The zero-order chi connectivity index (χ0) is 22.6. The van der Waals surface area contributed by atoms with Crippen LogP contribution >= 0.6 is 0 Å². The maximum atomic E-state index is 11.3. The van der Waals surface area contributed by atoms with E-state index in [2.05, 4.69) is 40.3 Å². The second-order valence-corrected chi connectivity index (χ2v) is 12.2. The average molecular weight is 431 g/mol. The molecule has 3 nitrogen and oxygen atoms in total. The van der Waals surface area contributed by atoms with Gasteiger partial charge in [0.05, 0.1) is 18.8 Å². The van der Waals surface area contributed by atoms with Crippen LogP contribution in [0.4, 0.5) is 0 Å². The Kier molecular flexibility index (Phi) is 6.53. The van der Waals surface area contributed by atoms with Crippen LogP contribution in [0.1, 0.15) is 85.5 Å². The lowest BCUT2D eigenvalue weighted by Crippen LogP contribution is -2.57. The Labute approximate surface area is 190 Å². The fourth-order valence-electron chi connectivity index (χ4n) is 8.61. The molecule has 4 rings (SSSR count). The summed E-state index contributed by atoms with van der Waals surface area (Å²) in [6.45, 7) is 13.9. The van der Waals surface area contributed by atoms with E-state index in [-0.39, 0.29) is 29.5 Å². The van der Waals surface area contributed by atoms with E-state index in [1.165, 1.54) is 31.3 Å². The first kappa shape index (κ1) is 23.5. The van der Waals surface area contributed by atoms with Crippen molar-refractivity contribution in [2.45, 2.75) is 97.7 Å². The van der Waals surface area contributed by atoms with Gasteiger partial charge in [-0.05, 0) is 98.7 Å². The number of aliphatic hydroxyl groups excluding tert-OH is 3. The van der Waals surface area contributed by atoms with Crippen molar-refractivity contribution in [3.63, 3.8) is 0 Å². The first-order chi connectivity index (χ1) is 14.6. The Bertz CT molecular complexity index is 711. The molecule has 4 unspecified atom stereocenters. The Hall–Kier alpha value is -0.640. The smallest absolute Gasteiger partial charge is 0.0757 e. The second kappa shape index (κ2) is 8.61. The van der Waals surface area contributed by atoms with Crippen molar-refractivity contribution >= 4 is 0 Å². The van der Waals surface area contributed by atoms with Crippen molar-refractivity contribution in [2.24, 2.45) is 46.3 Å². The minimum Gasteiger partial charge on any atom is -0.395 e. The first-order valence-corrected chi connectivity index (χ1v) is 13.0. The molecule has 4 aliphatic carbocycles. The standard InChI is InChI=1S/C28H46O3/c1-17(2)18(3)6-7-19(4)22-8-9-23-26-24(11-12-27(22,23)5)28(16-29)13-10-21(30)14-20(28)15-25(26)31/h15,17,19,21-26,29-31H,3,6-14,16H2,1-2,4-5H3/t19-,21+,22-,23?,24?,25?,26?,27-,28-/m1/s1. The SMILES string of the molecule is C=C(CC[C@@H](C)[C@H]1CCC2C3C(O)C=C4C[C@@H](O)CC[C@]4(CO)C3CC[C@@]21C)C(C)C. The largest absolute Gasteiger partial charge is 0.395 e. The van der Waals surface area contributed by atoms with E-state index in [9.17, 15) is 15.3 Å². The number of rotatable bonds is 6. The third kappa shape index (κ3) is 3.77. The summed E-state index contributed by atoms with van der Waals surface area (Å²) in [6.07, 6.45) is 10.7. The van der Waals surface area contributed by atoms with Gasteiger partial charge < -0.3 is 15.3 Å². The number of aliphatic hydroxyl groups is 3. The molecule has 0 aromatic rings. The topological polar surface area (TPSA) is 60.7 Å². The van der Waals surface area contributed by atoms with Crippen LogP contribution in [0.25, 0.3) is 0 Å². The van der Waals surface area contributed by atoms with Gasteiger partial charge in [0.25, 0.3) is 0 Å². The van der Waals surface area contributed by atoms with Crippen molar-refractivity contribution in [3.8, 4) is 0 Å². The summed E-state index contributed by atoms with van der Waals surface area (Å²) in [5.74, 6) is 3.12. The van der Waals surface area contributed by atoms with Crippen LogP contribution in [0, 0.1) is 46.3 Å². The highest BCUT2D eigenvalue weighted by atomic mass is 16.3. The molecule has 0 aliphatic heterocycles. The Morgan fingerprint density at radius 1 is 1.10 bits per heavy atom. The highest BCUT2D eigenvalue weighted by Gasteiger charge is 2.62. The summed E-state index contributed by atoms with van der Waals surface area (Å²) in [6, 6.07) is 0. The lowest BCUT2D eigenvalue weighted by atomic mass is 9.46. The predicted molar refractivity (Wildman–Crippen MR) is 126 cm³/mol. The predicted octanol–water partition coefficient (Wildman–Crippen LogP) is 5.50. The molecule has 0 heterocycles. The van der Waals surface area contributed by atoms with Gasteiger partial charge in [0, 0.05) is 5.41 Å². The fraction of sp³-hybridized carbons (Fsp3) is 0.857. The molecule has 3 fully saturated rings. The molecule has 0 spiro atoms. The first-order valence-electron chi connectivity index (χ1n) is 13.0. The molecule has 0 amide bonds. The molecule has 3 N–H and O–H groups in total. The van der Waals surface area contributed by atoms with E-state index in [0.717, 1.165) is 31.3 Å². The average Bonchev–Trinajstić information content (AvgIpc) is 3.08. The van der Waals surface area contributed by atoms with Gasteiger partial charge >= 0.3 is 0 Å². The molecule has 4 aliphatic rings. The lowest BCUT2D eigenvalue weighted by Gasteiger charge is -2.60. The van der Waals surface area contributed by atoms with Crippen molar-refractivity contribution in [1.29, 1.82) is 0 Å². The van der Waals surface area contributed by atoms with E-state index < -0.39 is 6.10 Å². The lowest BCUT2D eigenvalue weighted by molar-refractivity contribution is -0.114. The van der Waals surface area contributed by atoms with Gasteiger partial charge in [-0.3, -0.25) is 0 Å². The molecule has 3 saturated carbocycles. The van der Waals surface area contributed by atoms with Crippen LogP contribution in [-0.2, 0) is 0 Å². The number of fused-ring (bicyclic) bond motifs is 5. The molecule has 0 saturated heterocycles. The third-order valence-corrected chi connectivity index (χ3v) is 10.6. The van der Waals surface area contributed by atoms with Crippen molar-refractivity contribution < 1.29 is 15.3 Å².